The molecule has 0 aliphatic carbocycles. The fourth-order valence-corrected chi connectivity index (χ4v) is 2.45. The van der Waals surface area contributed by atoms with Crippen molar-refractivity contribution in [1.82, 2.24) is 0 Å². The van der Waals surface area contributed by atoms with E-state index in [-0.39, 0.29) is 16.6 Å². The van der Waals surface area contributed by atoms with Gasteiger partial charge in [-0.3, -0.25) is 4.79 Å². The van der Waals surface area contributed by atoms with E-state index < -0.39 is 11.9 Å². The van der Waals surface area contributed by atoms with Crippen LogP contribution in [0.3, 0.4) is 0 Å². The van der Waals surface area contributed by atoms with Crippen molar-refractivity contribution in [2.24, 2.45) is 0 Å². The number of amides is 1. The highest BCUT2D eigenvalue weighted by Gasteiger charge is 2.26. The molecular formula is C15H12ClFN2O. The lowest BCUT2D eigenvalue weighted by Gasteiger charge is -2.12. The van der Waals surface area contributed by atoms with E-state index in [2.05, 4.69) is 10.6 Å². The zero-order valence-corrected chi connectivity index (χ0v) is 11.2. The molecule has 1 aliphatic rings. The van der Waals surface area contributed by atoms with E-state index >= 15 is 0 Å². The van der Waals surface area contributed by atoms with Crippen LogP contribution >= 0.6 is 11.6 Å². The summed E-state index contributed by atoms with van der Waals surface area (Å²) in [5, 5.41) is 5.68. The molecule has 1 aliphatic heterocycles. The lowest BCUT2D eigenvalue weighted by molar-refractivity contribution is -0.116. The lowest BCUT2D eigenvalue weighted by atomic mass is 10.1. The number of halogens is 2. The maximum absolute atomic E-state index is 13.7. The van der Waals surface area contributed by atoms with Gasteiger partial charge in [-0.05, 0) is 23.8 Å². The van der Waals surface area contributed by atoms with Crippen LogP contribution in [0, 0.1) is 5.82 Å². The normalized spacial score (nSPS) is 16.4. The molecule has 1 atom stereocenters. The van der Waals surface area contributed by atoms with Crippen LogP contribution in [0.1, 0.15) is 5.56 Å². The van der Waals surface area contributed by atoms with Crippen molar-refractivity contribution in [3.63, 3.8) is 0 Å². The van der Waals surface area contributed by atoms with Crippen molar-refractivity contribution in [1.29, 1.82) is 0 Å². The second-order valence-electron chi connectivity index (χ2n) is 4.65. The van der Waals surface area contributed by atoms with Gasteiger partial charge in [0.05, 0.1) is 10.7 Å². The largest absolute Gasteiger partial charge is 0.373 e. The summed E-state index contributed by atoms with van der Waals surface area (Å²) in [6, 6.07) is 11.8. The van der Waals surface area contributed by atoms with Gasteiger partial charge in [0, 0.05) is 12.1 Å². The highest BCUT2D eigenvalue weighted by molar-refractivity contribution is 6.31. The average molecular weight is 291 g/mol. The lowest BCUT2D eigenvalue weighted by Crippen LogP contribution is -2.33. The summed E-state index contributed by atoms with van der Waals surface area (Å²) in [6.07, 6.45) is 0.587. The molecule has 2 aromatic carbocycles. The Hall–Kier alpha value is -2.07. The Morgan fingerprint density at radius 3 is 2.85 bits per heavy atom. The Bertz CT molecular complexity index is 650. The Labute approximate surface area is 120 Å². The Morgan fingerprint density at radius 1 is 1.25 bits per heavy atom. The van der Waals surface area contributed by atoms with Crippen LogP contribution in [-0.2, 0) is 11.2 Å². The molecule has 0 spiro atoms. The molecule has 20 heavy (non-hydrogen) atoms. The standard InChI is InChI=1S/C15H12ClFN2O/c16-10-5-3-7-12(14(10)17)19-15(20)13-8-9-4-1-2-6-11(9)18-13/h1-7,13,18H,8H2,(H,19,20)/t13-/m0/s1. The van der Waals surface area contributed by atoms with Crippen LogP contribution in [0.4, 0.5) is 15.8 Å². The van der Waals surface area contributed by atoms with Gasteiger partial charge in [0.1, 0.15) is 6.04 Å². The van der Waals surface area contributed by atoms with Gasteiger partial charge < -0.3 is 10.6 Å². The second-order valence-corrected chi connectivity index (χ2v) is 5.06. The molecular weight excluding hydrogens is 279 g/mol. The highest BCUT2D eigenvalue weighted by Crippen LogP contribution is 2.27. The van der Waals surface area contributed by atoms with Gasteiger partial charge in [-0.1, -0.05) is 35.9 Å². The number of carbonyl (C=O) groups excluding carboxylic acids is 1. The summed E-state index contributed by atoms with van der Waals surface area (Å²) in [4.78, 5) is 12.2. The van der Waals surface area contributed by atoms with E-state index in [0.717, 1.165) is 11.3 Å². The molecule has 0 saturated heterocycles. The van der Waals surface area contributed by atoms with Crippen LogP contribution in [-0.4, -0.2) is 11.9 Å². The highest BCUT2D eigenvalue weighted by atomic mass is 35.5. The van der Waals surface area contributed by atoms with Crippen molar-refractivity contribution in [2.75, 3.05) is 10.6 Å². The third kappa shape index (κ3) is 2.34. The molecule has 3 rings (SSSR count). The first-order valence-corrected chi connectivity index (χ1v) is 6.62. The topological polar surface area (TPSA) is 41.1 Å². The third-order valence-corrected chi connectivity index (χ3v) is 3.59. The first kappa shape index (κ1) is 12.9. The first-order valence-electron chi connectivity index (χ1n) is 6.24. The summed E-state index contributed by atoms with van der Waals surface area (Å²) in [7, 11) is 0. The minimum absolute atomic E-state index is 0.00883. The maximum atomic E-state index is 13.7. The Morgan fingerprint density at radius 2 is 2.05 bits per heavy atom. The Balaban J connectivity index is 1.74. The molecule has 5 heteroatoms. The van der Waals surface area contributed by atoms with Gasteiger partial charge in [-0.25, -0.2) is 4.39 Å². The molecule has 0 aromatic heterocycles. The van der Waals surface area contributed by atoms with Crippen molar-refractivity contribution in [3.05, 3.63) is 58.9 Å². The summed E-state index contributed by atoms with van der Waals surface area (Å²) in [5.74, 6) is -0.889. The van der Waals surface area contributed by atoms with Crippen molar-refractivity contribution >= 4 is 28.9 Å². The fourth-order valence-electron chi connectivity index (χ4n) is 2.28. The minimum Gasteiger partial charge on any atom is -0.373 e. The molecule has 0 bridgehead atoms. The molecule has 1 amide bonds. The number of fused-ring (bicyclic) bond motifs is 1. The number of hydrogen-bond acceptors (Lipinski definition) is 2. The summed E-state index contributed by atoms with van der Waals surface area (Å²) in [6.45, 7) is 0. The summed E-state index contributed by atoms with van der Waals surface area (Å²) < 4.78 is 13.7. The number of nitrogens with one attached hydrogen (secondary N) is 2. The van der Waals surface area contributed by atoms with Crippen molar-refractivity contribution in [2.45, 2.75) is 12.5 Å². The van der Waals surface area contributed by atoms with Crippen LogP contribution in [0.25, 0.3) is 0 Å². The first-order chi connectivity index (χ1) is 9.65. The fraction of sp³-hybridized carbons (Fsp3) is 0.133. The van der Waals surface area contributed by atoms with Gasteiger partial charge in [0.2, 0.25) is 5.91 Å². The van der Waals surface area contributed by atoms with E-state index in [0.29, 0.717) is 6.42 Å². The van der Waals surface area contributed by atoms with Crippen LogP contribution in [0.2, 0.25) is 5.02 Å². The number of benzene rings is 2. The number of anilines is 2. The molecule has 0 radical (unpaired) electrons. The quantitative estimate of drug-likeness (QED) is 0.889. The van der Waals surface area contributed by atoms with Crippen molar-refractivity contribution < 1.29 is 9.18 Å². The third-order valence-electron chi connectivity index (χ3n) is 3.30. The van der Waals surface area contributed by atoms with Gasteiger partial charge in [-0.15, -0.1) is 0 Å². The predicted octanol–water partition coefficient (Wildman–Crippen LogP) is 3.45. The van der Waals surface area contributed by atoms with E-state index in [1.165, 1.54) is 12.1 Å². The molecule has 0 unspecified atom stereocenters. The number of rotatable bonds is 2. The molecule has 102 valence electrons. The minimum atomic E-state index is -0.613. The average Bonchev–Trinajstić information content (AvgIpc) is 2.88. The van der Waals surface area contributed by atoms with Crippen LogP contribution < -0.4 is 10.6 Å². The molecule has 0 saturated carbocycles. The molecule has 1 heterocycles. The predicted molar refractivity (Wildman–Crippen MR) is 77.6 cm³/mol. The maximum Gasteiger partial charge on any atom is 0.247 e. The Kier molecular flexibility index (Phi) is 3.32. The SMILES string of the molecule is O=C(Nc1cccc(Cl)c1F)[C@@H]1Cc2ccccc2N1. The number of carbonyl (C=O) groups is 1. The van der Waals surface area contributed by atoms with E-state index in [1.807, 2.05) is 24.3 Å². The molecule has 0 fully saturated rings. The summed E-state index contributed by atoms with van der Waals surface area (Å²) >= 11 is 5.69. The van der Waals surface area contributed by atoms with Crippen LogP contribution in [0.15, 0.2) is 42.5 Å². The van der Waals surface area contributed by atoms with E-state index in [9.17, 15) is 9.18 Å². The zero-order chi connectivity index (χ0) is 14.1. The van der Waals surface area contributed by atoms with Gasteiger partial charge >= 0.3 is 0 Å². The van der Waals surface area contributed by atoms with Crippen LogP contribution in [0.5, 0.6) is 0 Å². The molecule has 3 nitrogen and oxygen atoms in total. The summed E-state index contributed by atoms with van der Waals surface area (Å²) in [5.41, 5.74) is 2.12. The number of para-hydroxylation sites is 1. The van der Waals surface area contributed by atoms with Crippen molar-refractivity contribution in [3.8, 4) is 0 Å². The zero-order valence-electron chi connectivity index (χ0n) is 10.5. The van der Waals surface area contributed by atoms with E-state index in [1.54, 1.807) is 6.07 Å². The van der Waals surface area contributed by atoms with Gasteiger partial charge in [-0.2, -0.15) is 0 Å². The van der Waals surface area contributed by atoms with E-state index in [4.69, 9.17) is 11.6 Å². The smallest absolute Gasteiger partial charge is 0.247 e. The monoisotopic (exact) mass is 290 g/mol. The molecule has 2 aromatic rings. The number of hydrogen-bond donors (Lipinski definition) is 2. The second kappa shape index (κ2) is 5.13. The molecule has 2 N–H and O–H groups in total. The van der Waals surface area contributed by atoms with Gasteiger partial charge in [0.25, 0.3) is 0 Å². The van der Waals surface area contributed by atoms with Gasteiger partial charge in [0.15, 0.2) is 5.82 Å².